The molecule has 0 bridgehead atoms. The summed E-state index contributed by atoms with van der Waals surface area (Å²) in [5.74, 6) is 0.0230. The molecule has 1 saturated carbocycles. The third-order valence-electron chi connectivity index (χ3n) is 8.45. The number of hydrogen-bond donors (Lipinski definition) is 4. The quantitative estimate of drug-likeness (QED) is 0.249. The molecular formula is C30H48ClN3O6. The van der Waals surface area contributed by atoms with Gasteiger partial charge < -0.3 is 35.2 Å². The second kappa shape index (κ2) is 15.8. The summed E-state index contributed by atoms with van der Waals surface area (Å²) in [5, 5.41) is 33.4. The number of carbonyl (C=O) groups excluding carboxylic acids is 1. The van der Waals surface area contributed by atoms with E-state index in [9.17, 15) is 19.8 Å². The third kappa shape index (κ3) is 9.23. The topological polar surface area (TPSA) is 123 Å². The van der Waals surface area contributed by atoms with E-state index in [2.05, 4.69) is 5.32 Å². The van der Waals surface area contributed by atoms with Gasteiger partial charge in [-0.2, -0.15) is 0 Å². The Hall–Kier alpha value is -2.07. The summed E-state index contributed by atoms with van der Waals surface area (Å²) in [6, 6.07) is 7.06. The minimum atomic E-state index is -1.10. The van der Waals surface area contributed by atoms with Crippen molar-refractivity contribution in [2.75, 3.05) is 26.2 Å². The molecule has 1 aliphatic carbocycles. The molecule has 1 saturated heterocycles. The molecule has 3 amide bonds. The number of hydrogen-bond acceptors (Lipinski definition) is 5. The van der Waals surface area contributed by atoms with E-state index in [1.165, 1.54) is 0 Å². The molecule has 3 rings (SSSR count). The van der Waals surface area contributed by atoms with Crippen molar-refractivity contribution in [3.8, 4) is 0 Å². The summed E-state index contributed by atoms with van der Waals surface area (Å²) in [7, 11) is 0. The molecule has 10 heteroatoms. The Kier molecular flexibility index (Phi) is 12.8. The Labute approximate surface area is 243 Å². The van der Waals surface area contributed by atoms with E-state index in [1.807, 2.05) is 48.8 Å². The molecule has 2 fully saturated rings. The molecule has 1 heterocycles. The molecule has 0 aromatic heterocycles. The molecule has 5 unspecified atom stereocenters. The second-order valence-corrected chi connectivity index (χ2v) is 12.2. The standard InChI is InChI=1S/C30H48ClN3O6/c1-20(2)26(35)18-27(36)21(3)34(25-12-5-4-6-13-25)30(39)33-15-8-10-23(19-33)28(40-16-14-32-29(37)38)22-9-7-11-24(31)17-22/h7,9,11,17,20-21,23,25-28,32,35-36H,4-6,8,10,12-16,18-19H2,1-3H3,(H,37,38). The van der Waals surface area contributed by atoms with Crippen LogP contribution < -0.4 is 5.32 Å². The Balaban J connectivity index is 1.79. The van der Waals surface area contributed by atoms with Gasteiger partial charge in [-0.1, -0.05) is 56.8 Å². The number of piperidine rings is 1. The number of ether oxygens (including phenoxy) is 1. The zero-order valence-electron chi connectivity index (χ0n) is 24.2. The van der Waals surface area contributed by atoms with Crippen LogP contribution in [-0.4, -0.2) is 87.8 Å². The van der Waals surface area contributed by atoms with Crippen LogP contribution in [0.5, 0.6) is 0 Å². The minimum absolute atomic E-state index is 0.00260. The summed E-state index contributed by atoms with van der Waals surface area (Å²) >= 11 is 6.30. The first kappa shape index (κ1) is 32.4. The second-order valence-electron chi connectivity index (χ2n) is 11.8. The van der Waals surface area contributed by atoms with E-state index in [4.69, 9.17) is 21.4 Å². The Bertz CT molecular complexity index is 944. The van der Waals surface area contributed by atoms with Gasteiger partial charge in [-0.3, -0.25) is 0 Å². The molecule has 4 N–H and O–H groups in total. The summed E-state index contributed by atoms with van der Waals surface area (Å²) in [6.45, 7) is 7.23. The van der Waals surface area contributed by atoms with E-state index < -0.39 is 24.3 Å². The van der Waals surface area contributed by atoms with Crippen LogP contribution in [0, 0.1) is 11.8 Å². The maximum Gasteiger partial charge on any atom is 0.404 e. The highest BCUT2D eigenvalue weighted by atomic mass is 35.5. The zero-order chi connectivity index (χ0) is 29.2. The van der Waals surface area contributed by atoms with Crippen LogP contribution in [0.1, 0.15) is 83.8 Å². The predicted octanol–water partition coefficient (Wildman–Crippen LogP) is 5.29. The van der Waals surface area contributed by atoms with Crippen molar-refractivity contribution < 1.29 is 29.6 Å². The van der Waals surface area contributed by atoms with Gasteiger partial charge in [-0.15, -0.1) is 0 Å². The maximum absolute atomic E-state index is 14.2. The lowest BCUT2D eigenvalue weighted by Gasteiger charge is -2.45. The van der Waals surface area contributed by atoms with Crippen LogP contribution in [0.2, 0.25) is 5.02 Å². The van der Waals surface area contributed by atoms with E-state index in [1.54, 1.807) is 6.07 Å². The van der Waals surface area contributed by atoms with Crippen LogP contribution in [0.3, 0.4) is 0 Å². The fourth-order valence-electron chi connectivity index (χ4n) is 6.05. The van der Waals surface area contributed by atoms with Crippen molar-refractivity contribution in [3.05, 3.63) is 34.9 Å². The summed E-state index contributed by atoms with van der Waals surface area (Å²) in [5.41, 5.74) is 0.901. The number of carbonyl (C=O) groups is 2. The number of nitrogens with zero attached hydrogens (tertiary/aromatic N) is 2. The molecule has 0 radical (unpaired) electrons. The van der Waals surface area contributed by atoms with Crippen molar-refractivity contribution in [3.63, 3.8) is 0 Å². The van der Waals surface area contributed by atoms with Gasteiger partial charge in [0.1, 0.15) is 0 Å². The van der Waals surface area contributed by atoms with E-state index in [0.717, 1.165) is 50.5 Å². The van der Waals surface area contributed by atoms with Crippen molar-refractivity contribution >= 4 is 23.7 Å². The number of aliphatic hydroxyl groups is 2. The van der Waals surface area contributed by atoms with Crippen LogP contribution in [0.15, 0.2) is 24.3 Å². The van der Waals surface area contributed by atoms with E-state index in [0.29, 0.717) is 18.1 Å². The molecule has 2 aliphatic rings. The lowest BCUT2D eigenvalue weighted by molar-refractivity contribution is -0.0229. The summed E-state index contributed by atoms with van der Waals surface area (Å²) in [4.78, 5) is 28.9. The molecular weight excluding hydrogens is 534 g/mol. The number of carboxylic acid groups (broad SMARTS) is 1. The van der Waals surface area contributed by atoms with Crippen LogP contribution in [0.25, 0.3) is 0 Å². The molecule has 40 heavy (non-hydrogen) atoms. The van der Waals surface area contributed by atoms with Gasteiger partial charge in [0.2, 0.25) is 0 Å². The number of nitrogens with one attached hydrogen (secondary N) is 1. The summed E-state index contributed by atoms with van der Waals surface area (Å²) < 4.78 is 6.23. The predicted molar refractivity (Wildman–Crippen MR) is 156 cm³/mol. The molecule has 1 aromatic carbocycles. The van der Waals surface area contributed by atoms with Crippen LogP contribution in [-0.2, 0) is 4.74 Å². The molecule has 9 nitrogen and oxygen atoms in total. The smallest absolute Gasteiger partial charge is 0.404 e. The number of halogens is 1. The average Bonchev–Trinajstić information content (AvgIpc) is 2.93. The largest absolute Gasteiger partial charge is 0.465 e. The lowest BCUT2D eigenvalue weighted by Crippen LogP contribution is -2.58. The first-order chi connectivity index (χ1) is 19.1. The average molecular weight is 582 g/mol. The normalized spacial score (nSPS) is 21.5. The van der Waals surface area contributed by atoms with Gasteiger partial charge in [0.15, 0.2) is 0 Å². The molecule has 1 aliphatic heterocycles. The number of likely N-dealkylation sites (tertiary alicyclic amines) is 1. The van der Waals surface area contributed by atoms with Crippen molar-refractivity contribution in [2.45, 2.75) is 103 Å². The number of benzene rings is 1. The van der Waals surface area contributed by atoms with Gasteiger partial charge in [0.25, 0.3) is 0 Å². The van der Waals surface area contributed by atoms with Gasteiger partial charge in [0, 0.05) is 43.0 Å². The Morgan fingerprint density at radius 1 is 1.10 bits per heavy atom. The first-order valence-corrected chi connectivity index (χ1v) is 15.2. The maximum atomic E-state index is 14.2. The van der Waals surface area contributed by atoms with E-state index >= 15 is 0 Å². The Morgan fingerprint density at radius 3 is 2.48 bits per heavy atom. The number of urea groups is 1. The number of aliphatic hydroxyl groups excluding tert-OH is 2. The van der Waals surface area contributed by atoms with Crippen molar-refractivity contribution in [1.29, 1.82) is 0 Å². The zero-order valence-corrected chi connectivity index (χ0v) is 24.9. The van der Waals surface area contributed by atoms with Crippen LogP contribution in [0.4, 0.5) is 9.59 Å². The monoisotopic (exact) mass is 581 g/mol. The summed E-state index contributed by atoms with van der Waals surface area (Å²) in [6.07, 6.45) is 4.09. The van der Waals surface area contributed by atoms with Gasteiger partial charge in [-0.25, -0.2) is 9.59 Å². The minimum Gasteiger partial charge on any atom is -0.465 e. The molecule has 5 atom stereocenters. The molecule has 0 spiro atoms. The Morgan fingerprint density at radius 2 is 1.82 bits per heavy atom. The number of rotatable bonds is 12. The first-order valence-electron chi connectivity index (χ1n) is 14.9. The lowest BCUT2D eigenvalue weighted by atomic mass is 9.88. The fourth-order valence-corrected chi connectivity index (χ4v) is 6.25. The number of amides is 3. The fraction of sp³-hybridized carbons (Fsp3) is 0.733. The van der Waals surface area contributed by atoms with Gasteiger partial charge in [-0.05, 0) is 56.2 Å². The van der Waals surface area contributed by atoms with Gasteiger partial charge >= 0.3 is 12.1 Å². The highest BCUT2D eigenvalue weighted by molar-refractivity contribution is 6.30. The van der Waals surface area contributed by atoms with Crippen molar-refractivity contribution in [1.82, 2.24) is 15.1 Å². The highest BCUT2D eigenvalue weighted by Gasteiger charge is 2.39. The SMILES string of the molecule is CC(C)C(O)CC(O)C(C)N(C(=O)N1CCCC(C(OCCNC(=O)O)c2cccc(Cl)c2)C1)C1CCCCC1. The molecule has 226 valence electrons. The van der Waals surface area contributed by atoms with Crippen LogP contribution >= 0.6 is 11.6 Å². The van der Waals surface area contributed by atoms with Gasteiger partial charge in [0.05, 0.1) is 31.0 Å². The van der Waals surface area contributed by atoms with E-state index in [-0.39, 0.29) is 49.6 Å². The van der Waals surface area contributed by atoms with Crippen molar-refractivity contribution in [2.24, 2.45) is 11.8 Å². The molecule has 1 aromatic rings. The third-order valence-corrected chi connectivity index (χ3v) is 8.68. The highest BCUT2D eigenvalue weighted by Crippen LogP contribution is 2.35.